The molecule has 8 heteroatoms. The van der Waals surface area contributed by atoms with Gasteiger partial charge in [-0.3, -0.25) is 14.5 Å². The van der Waals surface area contributed by atoms with Crippen LogP contribution in [0.1, 0.15) is 20.2 Å². The molecule has 150 valence electrons. The van der Waals surface area contributed by atoms with Crippen molar-refractivity contribution in [3.63, 3.8) is 0 Å². The molecular weight excluding hydrogens is 404 g/mol. The lowest BCUT2D eigenvalue weighted by Gasteiger charge is -2.34. The molecule has 0 atom stereocenters. The van der Waals surface area contributed by atoms with Crippen molar-refractivity contribution in [2.24, 2.45) is 0 Å². The summed E-state index contributed by atoms with van der Waals surface area (Å²) < 4.78 is 0. The molecule has 2 aromatic heterocycles. The van der Waals surface area contributed by atoms with E-state index in [1.807, 2.05) is 52.7 Å². The number of aromatic nitrogens is 1. The van der Waals surface area contributed by atoms with Crippen LogP contribution >= 0.6 is 22.7 Å². The summed E-state index contributed by atoms with van der Waals surface area (Å²) in [5.41, 5.74) is 1.48. The molecule has 1 aromatic carbocycles. The fraction of sp³-hybridized carbons (Fsp3) is 0.286. The number of hydrogen-bond donors (Lipinski definition) is 1. The van der Waals surface area contributed by atoms with Crippen LogP contribution in [-0.2, 0) is 0 Å². The van der Waals surface area contributed by atoms with Gasteiger partial charge in [-0.25, -0.2) is 4.98 Å². The first-order valence-electron chi connectivity index (χ1n) is 9.55. The molecule has 29 heavy (non-hydrogen) atoms. The molecule has 4 rings (SSSR count). The van der Waals surface area contributed by atoms with E-state index in [1.165, 1.54) is 22.7 Å². The van der Waals surface area contributed by atoms with Crippen LogP contribution in [0.2, 0.25) is 0 Å². The summed E-state index contributed by atoms with van der Waals surface area (Å²) >= 11 is 2.96. The molecule has 0 bridgehead atoms. The Morgan fingerprint density at radius 3 is 2.52 bits per heavy atom. The minimum absolute atomic E-state index is 0.116. The van der Waals surface area contributed by atoms with Crippen molar-refractivity contribution in [3.05, 3.63) is 63.8 Å². The lowest BCUT2D eigenvalue weighted by Crippen LogP contribution is -2.50. The van der Waals surface area contributed by atoms with Gasteiger partial charge >= 0.3 is 0 Å². The number of amides is 2. The summed E-state index contributed by atoms with van der Waals surface area (Å²) in [6, 6.07) is 13.6. The van der Waals surface area contributed by atoms with Gasteiger partial charge in [-0.05, 0) is 11.4 Å². The molecule has 6 nitrogen and oxygen atoms in total. The molecule has 2 amide bonds. The maximum atomic E-state index is 12.4. The van der Waals surface area contributed by atoms with Gasteiger partial charge in [0.15, 0.2) is 0 Å². The van der Waals surface area contributed by atoms with E-state index in [-0.39, 0.29) is 11.8 Å². The third kappa shape index (κ3) is 4.90. The second kappa shape index (κ2) is 9.30. The standard InChI is InChI=1S/C21H22N4O2S2/c26-19(17-15-29-20(23-17)16-5-2-1-3-6-16)22-8-9-24-10-12-25(13-11-24)21(27)18-7-4-14-28-18/h1-7,14-15H,8-13H2,(H,22,26). The molecule has 0 unspecified atom stereocenters. The zero-order chi connectivity index (χ0) is 20.1. The third-order valence-corrected chi connectivity index (χ3v) is 6.61. The van der Waals surface area contributed by atoms with Gasteiger partial charge in [-0.2, -0.15) is 0 Å². The van der Waals surface area contributed by atoms with Crippen LogP contribution in [0, 0.1) is 0 Å². The van der Waals surface area contributed by atoms with Crippen LogP contribution in [0.5, 0.6) is 0 Å². The van der Waals surface area contributed by atoms with Gasteiger partial charge in [0.05, 0.1) is 4.88 Å². The van der Waals surface area contributed by atoms with Gasteiger partial charge in [0.1, 0.15) is 10.7 Å². The molecule has 1 N–H and O–H groups in total. The van der Waals surface area contributed by atoms with E-state index in [4.69, 9.17) is 0 Å². The molecule has 1 aliphatic heterocycles. The summed E-state index contributed by atoms with van der Waals surface area (Å²) in [4.78, 5) is 34.2. The first-order chi connectivity index (χ1) is 14.2. The Morgan fingerprint density at radius 2 is 1.79 bits per heavy atom. The normalized spacial score (nSPS) is 14.7. The average Bonchev–Trinajstić information content (AvgIpc) is 3.47. The van der Waals surface area contributed by atoms with E-state index in [0.717, 1.165) is 48.2 Å². The number of hydrogen-bond acceptors (Lipinski definition) is 6. The highest BCUT2D eigenvalue weighted by Gasteiger charge is 2.22. The van der Waals surface area contributed by atoms with Gasteiger partial charge in [0.2, 0.25) is 0 Å². The Hall–Kier alpha value is -2.55. The molecular formula is C21H22N4O2S2. The number of carbonyl (C=O) groups excluding carboxylic acids is 2. The lowest BCUT2D eigenvalue weighted by molar-refractivity contribution is 0.0642. The molecule has 0 radical (unpaired) electrons. The van der Waals surface area contributed by atoms with Crippen molar-refractivity contribution in [1.29, 1.82) is 0 Å². The molecule has 0 aliphatic carbocycles. The number of thiazole rings is 1. The Bertz CT molecular complexity index is 948. The monoisotopic (exact) mass is 426 g/mol. The molecule has 3 aromatic rings. The maximum absolute atomic E-state index is 12.4. The van der Waals surface area contributed by atoms with Crippen molar-refractivity contribution >= 4 is 34.5 Å². The van der Waals surface area contributed by atoms with Crippen LogP contribution in [0.15, 0.2) is 53.2 Å². The highest BCUT2D eigenvalue weighted by Crippen LogP contribution is 2.23. The van der Waals surface area contributed by atoms with Gasteiger partial charge in [0.25, 0.3) is 11.8 Å². The van der Waals surface area contributed by atoms with E-state index in [0.29, 0.717) is 12.2 Å². The highest BCUT2D eigenvalue weighted by molar-refractivity contribution is 7.13. The predicted molar refractivity (Wildman–Crippen MR) is 117 cm³/mol. The van der Waals surface area contributed by atoms with E-state index in [1.54, 1.807) is 5.38 Å². The zero-order valence-corrected chi connectivity index (χ0v) is 17.5. The molecule has 1 saturated heterocycles. The number of thiophene rings is 1. The minimum Gasteiger partial charge on any atom is -0.349 e. The minimum atomic E-state index is -0.144. The number of piperazine rings is 1. The van der Waals surface area contributed by atoms with Gasteiger partial charge in [-0.15, -0.1) is 22.7 Å². The predicted octanol–water partition coefficient (Wildman–Crippen LogP) is 3.06. The van der Waals surface area contributed by atoms with Crippen LogP contribution in [-0.4, -0.2) is 65.9 Å². The van der Waals surface area contributed by atoms with Crippen LogP contribution in [0.3, 0.4) is 0 Å². The van der Waals surface area contributed by atoms with E-state index in [9.17, 15) is 9.59 Å². The van der Waals surface area contributed by atoms with Crippen LogP contribution in [0.25, 0.3) is 10.6 Å². The Labute approximate surface area is 177 Å². The summed E-state index contributed by atoms with van der Waals surface area (Å²) in [7, 11) is 0. The Morgan fingerprint density at radius 1 is 1.00 bits per heavy atom. The molecule has 1 aliphatic rings. The summed E-state index contributed by atoms with van der Waals surface area (Å²) in [6.07, 6.45) is 0. The second-order valence-corrected chi connectivity index (χ2v) is 8.58. The summed E-state index contributed by atoms with van der Waals surface area (Å²) in [5, 5.41) is 7.53. The van der Waals surface area contributed by atoms with Gasteiger partial charge < -0.3 is 10.2 Å². The smallest absolute Gasteiger partial charge is 0.270 e. The van der Waals surface area contributed by atoms with Crippen molar-refractivity contribution in [2.75, 3.05) is 39.3 Å². The van der Waals surface area contributed by atoms with E-state index < -0.39 is 0 Å². The lowest BCUT2D eigenvalue weighted by atomic mass is 10.2. The van der Waals surface area contributed by atoms with Crippen molar-refractivity contribution < 1.29 is 9.59 Å². The molecule has 0 saturated carbocycles. The average molecular weight is 427 g/mol. The largest absolute Gasteiger partial charge is 0.349 e. The number of benzene rings is 1. The van der Waals surface area contributed by atoms with E-state index in [2.05, 4.69) is 15.2 Å². The van der Waals surface area contributed by atoms with E-state index >= 15 is 0 Å². The van der Waals surface area contributed by atoms with Crippen molar-refractivity contribution in [1.82, 2.24) is 20.1 Å². The maximum Gasteiger partial charge on any atom is 0.270 e. The SMILES string of the molecule is O=C(NCCN1CCN(C(=O)c2cccs2)CC1)c1csc(-c2ccccc2)n1. The first kappa shape index (κ1) is 19.8. The van der Waals surface area contributed by atoms with Crippen molar-refractivity contribution in [3.8, 4) is 10.6 Å². The third-order valence-electron chi connectivity index (χ3n) is 4.86. The number of rotatable bonds is 6. The molecule has 1 fully saturated rings. The topological polar surface area (TPSA) is 65.5 Å². The summed E-state index contributed by atoms with van der Waals surface area (Å²) in [6.45, 7) is 4.41. The highest BCUT2D eigenvalue weighted by atomic mass is 32.1. The van der Waals surface area contributed by atoms with Crippen LogP contribution < -0.4 is 5.32 Å². The Balaban J connectivity index is 1.21. The second-order valence-electron chi connectivity index (χ2n) is 6.77. The zero-order valence-electron chi connectivity index (χ0n) is 15.9. The van der Waals surface area contributed by atoms with Gasteiger partial charge in [0, 0.05) is 50.2 Å². The van der Waals surface area contributed by atoms with Gasteiger partial charge in [-0.1, -0.05) is 36.4 Å². The molecule has 3 heterocycles. The quantitative estimate of drug-likeness (QED) is 0.658. The number of nitrogens with zero attached hydrogens (tertiary/aromatic N) is 3. The van der Waals surface area contributed by atoms with Crippen LogP contribution in [0.4, 0.5) is 0 Å². The molecule has 0 spiro atoms. The fourth-order valence-electron chi connectivity index (χ4n) is 3.24. The number of carbonyl (C=O) groups is 2. The Kier molecular flexibility index (Phi) is 6.33. The fourth-order valence-corrected chi connectivity index (χ4v) is 4.74. The van der Waals surface area contributed by atoms with Crippen molar-refractivity contribution in [2.45, 2.75) is 0 Å². The number of nitrogens with one attached hydrogen (secondary N) is 1. The summed E-state index contributed by atoms with van der Waals surface area (Å²) in [5.74, 6) is -0.0272. The first-order valence-corrected chi connectivity index (χ1v) is 11.3.